The van der Waals surface area contributed by atoms with Gasteiger partial charge in [0.25, 0.3) is 0 Å². The SMILES string of the molecule is CC1(C)S[C@@H]2[C@H](NC(=O)C(C(=O)O)c3ccsc3)C(=O)N2[C@H]1C(=O)O.[H-].[Na+]. The minimum absolute atomic E-state index is 0. The van der Waals surface area contributed by atoms with E-state index in [0.717, 1.165) is 0 Å². The van der Waals surface area contributed by atoms with Crippen LogP contribution >= 0.6 is 23.1 Å². The van der Waals surface area contributed by atoms with Crippen molar-refractivity contribution < 1.29 is 60.4 Å². The number of nitrogens with one attached hydrogen (secondary N) is 1. The number of aliphatic carboxylic acids is 2. The van der Waals surface area contributed by atoms with Gasteiger partial charge in [0.05, 0.1) is 0 Å². The number of hydrogen-bond acceptors (Lipinski definition) is 6. The molecule has 1 aromatic heterocycles. The van der Waals surface area contributed by atoms with Gasteiger partial charge >= 0.3 is 41.5 Å². The van der Waals surface area contributed by atoms with E-state index in [1.54, 1.807) is 30.7 Å². The number of β-lactam (4-membered cyclic amide) rings is 1. The van der Waals surface area contributed by atoms with Crippen LogP contribution in [0.25, 0.3) is 0 Å². The summed E-state index contributed by atoms with van der Waals surface area (Å²) >= 11 is 2.56. The molecule has 0 aromatic carbocycles. The average Bonchev–Trinajstić information content (AvgIpc) is 3.09. The van der Waals surface area contributed by atoms with Gasteiger partial charge < -0.3 is 21.9 Å². The van der Waals surface area contributed by atoms with E-state index in [9.17, 15) is 29.4 Å². The predicted octanol–water partition coefficient (Wildman–Crippen LogP) is -2.34. The first kappa shape index (κ1) is 21.2. The fourth-order valence-corrected chi connectivity index (χ4v) is 5.54. The number of nitrogens with zero attached hydrogens (tertiary/aromatic N) is 1. The van der Waals surface area contributed by atoms with E-state index in [1.807, 2.05) is 0 Å². The molecule has 2 aliphatic rings. The van der Waals surface area contributed by atoms with Crippen LogP contribution in [0.15, 0.2) is 16.8 Å². The molecule has 1 aromatic rings. The van der Waals surface area contributed by atoms with Gasteiger partial charge in [-0.05, 0) is 36.2 Å². The molecule has 1 unspecified atom stereocenters. The van der Waals surface area contributed by atoms with Crippen molar-refractivity contribution in [2.75, 3.05) is 0 Å². The number of carbonyl (C=O) groups excluding carboxylic acids is 2. The van der Waals surface area contributed by atoms with Crippen LogP contribution in [0.1, 0.15) is 26.8 Å². The summed E-state index contributed by atoms with van der Waals surface area (Å²) in [5, 5.41) is 23.9. The molecule has 2 saturated heterocycles. The van der Waals surface area contributed by atoms with Gasteiger partial charge in [-0.2, -0.15) is 11.3 Å². The predicted molar refractivity (Wildman–Crippen MR) is 91.5 cm³/mol. The topological polar surface area (TPSA) is 124 Å². The Labute approximate surface area is 181 Å². The van der Waals surface area contributed by atoms with Crippen LogP contribution in [0.4, 0.5) is 0 Å². The number of carbonyl (C=O) groups is 4. The zero-order chi connectivity index (χ0) is 18.5. The smallest absolute Gasteiger partial charge is 1.00 e. The molecule has 0 aliphatic carbocycles. The minimum Gasteiger partial charge on any atom is -1.00 e. The summed E-state index contributed by atoms with van der Waals surface area (Å²) in [5.41, 5.74) is 0.349. The van der Waals surface area contributed by atoms with Gasteiger partial charge in [0.15, 0.2) is 5.92 Å². The first-order chi connectivity index (χ1) is 11.6. The second-order valence-corrected chi connectivity index (χ2v) is 8.96. The molecule has 26 heavy (non-hydrogen) atoms. The number of thioether (sulfide) groups is 1. The fourth-order valence-electron chi connectivity index (χ4n) is 3.23. The number of fused-ring (bicyclic) bond motifs is 1. The molecular formula is C15H17N2NaO6S2. The maximum absolute atomic E-state index is 12.4. The summed E-state index contributed by atoms with van der Waals surface area (Å²) in [6.45, 7) is 3.46. The van der Waals surface area contributed by atoms with Crippen molar-refractivity contribution in [2.24, 2.45) is 0 Å². The molecule has 2 amide bonds. The number of amides is 2. The molecule has 4 atom stereocenters. The zero-order valence-corrected chi connectivity index (χ0v) is 18.0. The second-order valence-electron chi connectivity index (χ2n) is 6.41. The van der Waals surface area contributed by atoms with Crippen LogP contribution in [0.3, 0.4) is 0 Å². The fraction of sp³-hybridized carbons (Fsp3) is 0.467. The molecule has 0 bridgehead atoms. The number of rotatable bonds is 5. The van der Waals surface area contributed by atoms with Crippen molar-refractivity contribution in [1.82, 2.24) is 10.2 Å². The Balaban J connectivity index is 0.00000182. The van der Waals surface area contributed by atoms with E-state index in [0.29, 0.717) is 5.56 Å². The van der Waals surface area contributed by atoms with E-state index in [1.165, 1.54) is 28.0 Å². The molecule has 0 radical (unpaired) electrons. The third kappa shape index (κ3) is 3.40. The third-order valence-corrected chi connectivity index (χ3v) is 6.63. The summed E-state index contributed by atoms with van der Waals surface area (Å²) in [6, 6.07) is -0.344. The van der Waals surface area contributed by atoms with Crippen molar-refractivity contribution in [3.8, 4) is 0 Å². The van der Waals surface area contributed by atoms with Crippen LogP contribution in [0, 0.1) is 0 Å². The van der Waals surface area contributed by atoms with Crippen molar-refractivity contribution in [3.05, 3.63) is 22.4 Å². The maximum Gasteiger partial charge on any atom is 1.00 e. The van der Waals surface area contributed by atoms with Crippen LogP contribution in [-0.4, -0.2) is 61.1 Å². The third-order valence-electron chi connectivity index (χ3n) is 4.36. The molecule has 2 fully saturated rings. The number of carboxylic acid groups (broad SMARTS) is 2. The van der Waals surface area contributed by atoms with Crippen molar-refractivity contribution in [1.29, 1.82) is 0 Å². The second kappa shape index (κ2) is 7.51. The molecule has 3 rings (SSSR count). The summed E-state index contributed by atoms with van der Waals surface area (Å²) in [4.78, 5) is 48.9. The van der Waals surface area contributed by atoms with Crippen molar-refractivity contribution in [2.45, 2.75) is 42.0 Å². The molecule has 136 valence electrons. The Bertz CT molecular complexity index is 759. The van der Waals surface area contributed by atoms with Gasteiger partial charge in [-0.15, -0.1) is 11.8 Å². The molecule has 3 heterocycles. The normalized spacial score (nSPS) is 26.9. The minimum atomic E-state index is -1.40. The average molecular weight is 408 g/mol. The van der Waals surface area contributed by atoms with Crippen LogP contribution < -0.4 is 34.9 Å². The molecule has 11 heteroatoms. The van der Waals surface area contributed by atoms with E-state index >= 15 is 0 Å². The van der Waals surface area contributed by atoms with Crippen molar-refractivity contribution in [3.63, 3.8) is 0 Å². The quantitative estimate of drug-likeness (QED) is 0.283. The van der Waals surface area contributed by atoms with Gasteiger partial charge in [-0.1, -0.05) is 0 Å². The Kier molecular flexibility index (Phi) is 6.13. The van der Waals surface area contributed by atoms with E-state index < -0.39 is 51.9 Å². The molecular weight excluding hydrogens is 391 g/mol. The number of thiophene rings is 1. The van der Waals surface area contributed by atoms with Crippen LogP contribution in [-0.2, 0) is 19.2 Å². The van der Waals surface area contributed by atoms with Gasteiger partial charge in [0.2, 0.25) is 11.8 Å². The van der Waals surface area contributed by atoms with Crippen molar-refractivity contribution >= 4 is 46.9 Å². The van der Waals surface area contributed by atoms with E-state index in [4.69, 9.17) is 0 Å². The largest absolute Gasteiger partial charge is 1.00 e. The Morgan fingerprint density at radius 1 is 1.35 bits per heavy atom. The van der Waals surface area contributed by atoms with Crippen LogP contribution in [0.2, 0.25) is 0 Å². The van der Waals surface area contributed by atoms with Crippen LogP contribution in [0.5, 0.6) is 0 Å². The molecule has 2 aliphatic heterocycles. The molecule has 0 saturated carbocycles. The molecule has 0 spiro atoms. The summed E-state index contributed by atoms with van der Waals surface area (Å²) in [6.07, 6.45) is 0. The first-order valence-electron chi connectivity index (χ1n) is 7.43. The first-order valence-corrected chi connectivity index (χ1v) is 9.25. The Morgan fingerprint density at radius 2 is 2.00 bits per heavy atom. The number of hydrogen-bond donors (Lipinski definition) is 3. The summed E-state index contributed by atoms with van der Waals surface area (Å²) in [7, 11) is 0. The van der Waals surface area contributed by atoms with Gasteiger partial charge in [-0.25, -0.2) is 4.79 Å². The molecule has 3 N–H and O–H groups in total. The van der Waals surface area contributed by atoms with E-state index in [2.05, 4.69) is 5.32 Å². The Morgan fingerprint density at radius 3 is 2.50 bits per heavy atom. The van der Waals surface area contributed by atoms with Gasteiger partial charge in [-0.3, -0.25) is 14.4 Å². The van der Waals surface area contributed by atoms with Gasteiger partial charge in [0.1, 0.15) is 17.5 Å². The Hall–Kier alpha value is -1.07. The number of carboxylic acids is 2. The standard InChI is InChI=1S/C15H16N2O6S2.Na.H/c1-15(2)9(14(22)23)17-11(19)8(12(17)25-15)16-10(18)7(13(20)21)6-3-4-24-5-6;;/h3-5,7-9,12H,1-2H3,(H,16,18)(H,20,21)(H,22,23);;/q;+1;-1/t7?,8-,9+,12-;;/m1../s1. The van der Waals surface area contributed by atoms with E-state index in [-0.39, 0.29) is 31.0 Å². The monoisotopic (exact) mass is 408 g/mol. The summed E-state index contributed by atoms with van der Waals surface area (Å²) < 4.78 is -0.703. The maximum atomic E-state index is 12.4. The molecule has 8 nitrogen and oxygen atoms in total. The summed E-state index contributed by atoms with van der Waals surface area (Å²) in [5.74, 6) is -5.08. The van der Waals surface area contributed by atoms with Gasteiger partial charge in [0, 0.05) is 4.75 Å². The zero-order valence-electron chi connectivity index (χ0n) is 15.3.